The number of anilines is 1. The van der Waals surface area contributed by atoms with Gasteiger partial charge in [-0.15, -0.1) is 0 Å². The fourth-order valence-corrected chi connectivity index (χ4v) is 3.26. The molecule has 0 aromatic carbocycles. The van der Waals surface area contributed by atoms with Crippen molar-refractivity contribution in [1.29, 1.82) is 0 Å². The molecule has 4 atom stereocenters. The van der Waals surface area contributed by atoms with E-state index in [2.05, 4.69) is 30.4 Å². The molecule has 11 nitrogen and oxygen atoms in total. The van der Waals surface area contributed by atoms with Crippen molar-refractivity contribution in [3.8, 4) is 0 Å². The number of nitrogens with one attached hydrogen (secondary N) is 1. The number of aliphatic hydroxyl groups excluding tert-OH is 2. The second-order valence-electron chi connectivity index (χ2n) is 7.54. The third-order valence-corrected chi connectivity index (χ3v) is 5.01. The summed E-state index contributed by atoms with van der Waals surface area (Å²) in [6.07, 6.45) is 0.883. The second kappa shape index (κ2) is 6.47. The van der Waals surface area contributed by atoms with Crippen LogP contribution in [0.15, 0.2) is 17.2 Å². The maximum absolute atomic E-state index is 10.6. The Hall–Kier alpha value is -2.63. The van der Waals surface area contributed by atoms with Crippen molar-refractivity contribution >= 4 is 17.0 Å². The smallest absolute Gasteiger partial charge is 0.258 e. The number of fused-ring (bicyclic) bond motifs is 1. The molecular weight excluding hydrogens is 366 g/mol. The summed E-state index contributed by atoms with van der Waals surface area (Å²) in [5.74, 6) is 1.37. The van der Waals surface area contributed by atoms with Gasteiger partial charge in [0.2, 0.25) is 0 Å². The Bertz CT molecular complexity index is 998. The number of hydrogen-bond donors (Lipinski definition) is 3. The molecule has 1 saturated heterocycles. The molecule has 2 aliphatic rings. The molecule has 1 aliphatic carbocycles. The van der Waals surface area contributed by atoms with Crippen LogP contribution in [-0.2, 0) is 4.74 Å². The Labute approximate surface area is 159 Å². The summed E-state index contributed by atoms with van der Waals surface area (Å²) in [5.41, 5.74) is 1.09. The zero-order valence-corrected chi connectivity index (χ0v) is 15.4. The lowest BCUT2D eigenvalue weighted by molar-refractivity contribution is -0.0451. The minimum atomic E-state index is -1.23. The summed E-state index contributed by atoms with van der Waals surface area (Å²) in [6.45, 7) is 3.87. The lowest BCUT2D eigenvalue weighted by Crippen LogP contribution is -2.29. The largest absolute Gasteiger partial charge is 0.387 e. The highest BCUT2D eigenvalue weighted by Crippen LogP contribution is 2.39. The predicted molar refractivity (Wildman–Crippen MR) is 95.2 cm³/mol. The fraction of sp³-hybridized carbons (Fsp3) is 0.588. The number of aliphatic hydroxyl groups is 2. The topological polar surface area (TPSA) is 144 Å². The van der Waals surface area contributed by atoms with Gasteiger partial charge in [-0.05, 0) is 12.8 Å². The van der Waals surface area contributed by atoms with E-state index in [1.165, 1.54) is 12.7 Å². The maximum atomic E-state index is 10.6. The minimum absolute atomic E-state index is 0.0726. The van der Waals surface area contributed by atoms with Crippen LogP contribution in [0.2, 0.25) is 0 Å². The molecule has 3 aromatic rings. The minimum Gasteiger partial charge on any atom is -0.387 e. The standard InChI is InChI=1S/C17H21N7O4/c1-7(2)13-22-16(28-23-13)12-10(25)11(26)17(27-12)24-6-20-9-14(21-8-3-4-8)18-5-19-15(9)24/h5-8,10-12,17,25-26H,3-4H2,1-2H3,(H,18,19,21)/t10-,11+,12-,17+/m0/s1. The van der Waals surface area contributed by atoms with Gasteiger partial charge < -0.3 is 24.8 Å². The fourth-order valence-electron chi connectivity index (χ4n) is 3.26. The molecule has 3 aromatic heterocycles. The van der Waals surface area contributed by atoms with Gasteiger partial charge in [-0.2, -0.15) is 4.98 Å². The SMILES string of the molecule is CC(C)c1noc([C@H]2O[C@@H](n3cnc4c(NC5CC5)ncnc43)[C@H](O)[C@@H]2O)n1. The number of imidazole rings is 1. The van der Waals surface area contributed by atoms with Crippen LogP contribution in [0, 0.1) is 0 Å². The van der Waals surface area contributed by atoms with E-state index < -0.39 is 24.5 Å². The van der Waals surface area contributed by atoms with Gasteiger partial charge in [0.05, 0.1) is 6.33 Å². The molecule has 4 heterocycles. The lowest BCUT2D eigenvalue weighted by Gasteiger charge is -2.16. The molecule has 1 aliphatic heterocycles. The van der Waals surface area contributed by atoms with Crippen molar-refractivity contribution in [1.82, 2.24) is 29.7 Å². The first-order valence-electron chi connectivity index (χ1n) is 9.32. The van der Waals surface area contributed by atoms with E-state index in [0.717, 1.165) is 12.8 Å². The molecule has 0 unspecified atom stereocenters. The monoisotopic (exact) mass is 387 g/mol. The summed E-state index contributed by atoms with van der Waals surface area (Å²) in [6, 6.07) is 0.412. The van der Waals surface area contributed by atoms with Crippen LogP contribution >= 0.6 is 0 Å². The van der Waals surface area contributed by atoms with E-state index in [9.17, 15) is 10.2 Å². The Morgan fingerprint density at radius 2 is 2.00 bits per heavy atom. The van der Waals surface area contributed by atoms with Gasteiger partial charge in [-0.3, -0.25) is 4.57 Å². The van der Waals surface area contributed by atoms with Crippen LogP contribution in [0.4, 0.5) is 5.82 Å². The average molecular weight is 387 g/mol. The van der Waals surface area contributed by atoms with Crippen molar-refractivity contribution in [2.24, 2.45) is 0 Å². The highest BCUT2D eigenvalue weighted by atomic mass is 16.6. The van der Waals surface area contributed by atoms with Crippen LogP contribution < -0.4 is 5.32 Å². The van der Waals surface area contributed by atoms with Gasteiger partial charge in [0.25, 0.3) is 5.89 Å². The van der Waals surface area contributed by atoms with Crippen LogP contribution in [-0.4, -0.2) is 58.1 Å². The third kappa shape index (κ3) is 2.82. The van der Waals surface area contributed by atoms with Gasteiger partial charge in [0.1, 0.15) is 18.5 Å². The van der Waals surface area contributed by atoms with Gasteiger partial charge in [0.15, 0.2) is 35.1 Å². The first-order valence-corrected chi connectivity index (χ1v) is 9.32. The molecular formula is C17H21N7O4. The summed E-state index contributed by atoms with van der Waals surface area (Å²) >= 11 is 0. The van der Waals surface area contributed by atoms with E-state index in [4.69, 9.17) is 9.26 Å². The van der Waals surface area contributed by atoms with E-state index in [1.54, 1.807) is 4.57 Å². The average Bonchev–Trinajstić information content (AvgIpc) is 3.08. The zero-order valence-electron chi connectivity index (χ0n) is 15.4. The van der Waals surface area contributed by atoms with Crippen molar-refractivity contribution in [3.63, 3.8) is 0 Å². The van der Waals surface area contributed by atoms with E-state index in [0.29, 0.717) is 28.8 Å². The molecule has 11 heteroatoms. The molecule has 0 radical (unpaired) electrons. The van der Waals surface area contributed by atoms with Crippen molar-refractivity contribution in [3.05, 3.63) is 24.4 Å². The molecule has 28 heavy (non-hydrogen) atoms. The molecule has 0 spiro atoms. The number of ether oxygens (including phenoxy) is 1. The van der Waals surface area contributed by atoms with Gasteiger partial charge >= 0.3 is 0 Å². The molecule has 0 amide bonds. The van der Waals surface area contributed by atoms with E-state index in [-0.39, 0.29) is 11.8 Å². The maximum Gasteiger partial charge on any atom is 0.258 e. The number of rotatable bonds is 5. The summed E-state index contributed by atoms with van der Waals surface area (Å²) < 4.78 is 12.7. The summed E-state index contributed by atoms with van der Waals surface area (Å²) in [4.78, 5) is 17.2. The quantitative estimate of drug-likeness (QED) is 0.577. The van der Waals surface area contributed by atoms with Crippen LogP contribution in [0.1, 0.15) is 56.7 Å². The number of hydrogen-bond acceptors (Lipinski definition) is 10. The lowest BCUT2D eigenvalue weighted by atomic mass is 10.1. The molecule has 148 valence electrons. The molecule has 3 N–H and O–H groups in total. The van der Waals surface area contributed by atoms with Gasteiger partial charge in [-0.1, -0.05) is 19.0 Å². The highest BCUT2D eigenvalue weighted by molar-refractivity contribution is 5.83. The first-order chi connectivity index (χ1) is 13.5. The molecule has 2 fully saturated rings. The second-order valence-corrected chi connectivity index (χ2v) is 7.54. The van der Waals surface area contributed by atoms with Crippen molar-refractivity contribution in [2.45, 2.75) is 63.2 Å². The van der Waals surface area contributed by atoms with E-state index >= 15 is 0 Å². The van der Waals surface area contributed by atoms with Crippen LogP contribution in [0.3, 0.4) is 0 Å². The third-order valence-electron chi connectivity index (χ3n) is 5.01. The van der Waals surface area contributed by atoms with Crippen molar-refractivity contribution < 1.29 is 19.5 Å². The Balaban J connectivity index is 1.46. The summed E-state index contributed by atoms with van der Waals surface area (Å²) in [7, 11) is 0. The highest BCUT2D eigenvalue weighted by Gasteiger charge is 2.47. The van der Waals surface area contributed by atoms with Gasteiger partial charge in [-0.25, -0.2) is 15.0 Å². The predicted octanol–water partition coefficient (Wildman–Crippen LogP) is 0.899. The molecule has 1 saturated carbocycles. The van der Waals surface area contributed by atoms with Gasteiger partial charge in [0, 0.05) is 12.0 Å². The van der Waals surface area contributed by atoms with Crippen molar-refractivity contribution in [2.75, 3.05) is 5.32 Å². The molecule has 0 bridgehead atoms. The number of nitrogens with zero attached hydrogens (tertiary/aromatic N) is 6. The van der Waals surface area contributed by atoms with Crippen LogP contribution in [0.5, 0.6) is 0 Å². The van der Waals surface area contributed by atoms with E-state index in [1.807, 2.05) is 13.8 Å². The normalized spacial score (nSPS) is 27.8. The Morgan fingerprint density at radius 3 is 2.71 bits per heavy atom. The Kier molecular flexibility index (Phi) is 4.03. The Morgan fingerprint density at radius 1 is 1.18 bits per heavy atom. The first kappa shape index (κ1) is 17.5. The number of aromatic nitrogens is 6. The molecule has 5 rings (SSSR count). The summed E-state index contributed by atoms with van der Waals surface area (Å²) in [5, 5.41) is 28.3. The zero-order chi connectivity index (χ0) is 19.4. The van der Waals surface area contributed by atoms with Crippen LogP contribution in [0.25, 0.3) is 11.2 Å².